The van der Waals surface area contributed by atoms with E-state index in [0.29, 0.717) is 6.54 Å². The van der Waals surface area contributed by atoms with Gasteiger partial charge in [-0.3, -0.25) is 0 Å². The van der Waals surface area contributed by atoms with Crippen molar-refractivity contribution < 1.29 is 0 Å². The molecule has 5 heteroatoms. The lowest BCUT2D eigenvalue weighted by Crippen LogP contribution is -2.43. The first kappa shape index (κ1) is 9.45. The van der Waals surface area contributed by atoms with Gasteiger partial charge in [0.25, 0.3) is 0 Å². The summed E-state index contributed by atoms with van der Waals surface area (Å²) in [6.07, 6.45) is 3.53. The molecule has 0 bridgehead atoms. The Morgan fingerprint density at radius 3 is 2.57 bits per heavy atom. The molecule has 0 unspecified atom stereocenters. The minimum absolute atomic E-state index is 0.0941. The van der Waals surface area contributed by atoms with Crippen molar-refractivity contribution in [2.45, 2.75) is 24.7 Å². The van der Waals surface area contributed by atoms with Crippen molar-refractivity contribution in [2.75, 3.05) is 18.9 Å². The van der Waals surface area contributed by atoms with Crippen LogP contribution < -0.4 is 11.1 Å². The van der Waals surface area contributed by atoms with E-state index in [1.807, 2.05) is 18.7 Å². The SMILES string of the molecule is CNc1nnc(C2(CN)CCC2)n1C. The number of aromatic nitrogens is 3. The molecule has 1 heterocycles. The summed E-state index contributed by atoms with van der Waals surface area (Å²) >= 11 is 0. The van der Waals surface area contributed by atoms with E-state index in [9.17, 15) is 0 Å². The Bertz CT molecular complexity index is 320. The highest BCUT2D eigenvalue weighted by Gasteiger charge is 2.41. The molecule has 0 saturated heterocycles. The quantitative estimate of drug-likeness (QED) is 0.724. The number of nitrogens with two attached hydrogens (primary N) is 1. The fourth-order valence-electron chi connectivity index (χ4n) is 2.13. The van der Waals surface area contributed by atoms with Gasteiger partial charge in [-0.1, -0.05) is 6.42 Å². The van der Waals surface area contributed by atoms with Gasteiger partial charge in [0.1, 0.15) is 5.82 Å². The summed E-state index contributed by atoms with van der Waals surface area (Å²) in [6, 6.07) is 0. The molecule has 1 aliphatic carbocycles. The van der Waals surface area contributed by atoms with E-state index in [-0.39, 0.29) is 5.41 Å². The van der Waals surface area contributed by atoms with Crippen molar-refractivity contribution in [1.82, 2.24) is 14.8 Å². The van der Waals surface area contributed by atoms with Gasteiger partial charge in [0.2, 0.25) is 5.95 Å². The Kier molecular flexibility index (Phi) is 2.19. The minimum atomic E-state index is 0.0941. The predicted octanol–water partition coefficient (Wildman–Crippen LogP) is 0.237. The first-order valence-electron chi connectivity index (χ1n) is 5.01. The molecule has 78 valence electrons. The Hall–Kier alpha value is -1.10. The number of hydrogen-bond acceptors (Lipinski definition) is 4. The molecule has 0 amide bonds. The molecule has 3 N–H and O–H groups in total. The van der Waals surface area contributed by atoms with Crippen LogP contribution in [0.2, 0.25) is 0 Å². The molecule has 5 nitrogen and oxygen atoms in total. The summed E-state index contributed by atoms with van der Waals surface area (Å²) in [5, 5.41) is 11.3. The second-order valence-electron chi connectivity index (χ2n) is 3.99. The summed E-state index contributed by atoms with van der Waals surface area (Å²) in [5.41, 5.74) is 5.91. The maximum atomic E-state index is 5.82. The molecule has 1 aromatic heterocycles. The maximum absolute atomic E-state index is 5.82. The molecule has 14 heavy (non-hydrogen) atoms. The fourth-order valence-corrected chi connectivity index (χ4v) is 2.13. The largest absolute Gasteiger partial charge is 0.357 e. The molecule has 0 atom stereocenters. The van der Waals surface area contributed by atoms with Crippen molar-refractivity contribution in [1.29, 1.82) is 0 Å². The third-order valence-electron chi connectivity index (χ3n) is 3.27. The molecule has 2 rings (SSSR count). The zero-order valence-electron chi connectivity index (χ0n) is 8.75. The van der Waals surface area contributed by atoms with E-state index in [1.54, 1.807) is 0 Å². The summed E-state index contributed by atoms with van der Waals surface area (Å²) in [4.78, 5) is 0. The van der Waals surface area contributed by atoms with Crippen molar-refractivity contribution in [2.24, 2.45) is 12.8 Å². The van der Waals surface area contributed by atoms with Gasteiger partial charge < -0.3 is 15.6 Å². The normalized spacial score (nSPS) is 19.1. The highest BCUT2D eigenvalue weighted by molar-refractivity contribution is 5.28. The highest BCUT2D eigenvalue weighted by Crippen LogP contribution is 2.42. The molecule has 0 aromatic carbocycles. The zero-order chi connectivity index (χ0) is 10.2. The Balaban J connectivity index is 2.35. The Labute approximate surface area is 83.7 Å². The van der Waals surface area contributed by atoms with Crippen LogP contribution in [-0.4, -0.2) is 28.4 Å². The van der Waals surface area contributed by atoms with E-state index in [2.05, 4.69) is 15.5 Å². The average Bonchev–Trinajstić information content (AvgIpc) is 2.48. The second-order valence-corrected chi connectivity index (χ2v) is 3.99. The summed E-state index contributed by atoms with van der Waals surface area (Å²) in [7, 11) is 3.83. The van der Waals surface area contributed by atoms with Crippen LogP contribution in [0.4, 0.5) is 5.95 Å². The zero-order valence-corrected chi connectivity index (χ0v) is 8.75. The monoisotopic (exact) mass is 195 g/mol. The van der Waals surface area contributed by atoms with Gasteiger partial charge in [-0.25, -0.2) is 0 Å². The van der Waals surface area contributed by atoms with Gasteiger partial charge in [-0.2, -0.15) is 0 Å². The van der Waals surface area contributed by atoms with Crippen molar-refractivity contribution in [3.8, 4) is 0 Å². The first-order valence-corrected chi connectivity index (χ1v) is 5.01. The summed E-state index contributed by atoms with van der Waals surface area (Å²) in [6.45, 7) is 0.669. The average molecular weight is 195 g/mol. The van der Waals surface area contributed by atoms with Crippen LogP contribution in [0.1, 0.15) is 25.1 Å². The van der Waals surface area contributed by atoms with Gasteiger partial charge in [-0.15, -0.1) is 10.2 Å². The van der Waals surface area contributed by atoms with E-state index >= 15 is 0 Å². The van der Waals surface area contributed by atoms with Crippen LogP contribution in [-0.2, 0) is 12.5 Å². The van der Waals surface area contributed by atoms with Crippen LogP contribution in [0.25, 0.3) is 0 Å². The van der Waals surface area contributed by atoms with Crippen molar-refractivity contribution in [3.05, 3.63) is 5.82 Å². The van der Waals surface area contributed by atoms with E-state index in [0.717, 1.165) is 24.6 Å². The lowest BCUT2D eigenvalue weighted by Gasteiger charge is -2.39. The van der Waals surface area contributed by atoms with E-state index in [1.165, 1.54) is 6.42 Å². The number of anilines is 1. The van der Waals surface area contributed by atoms with Crippen molar-refractivity contribution in [3.63, 3.8) is 0 Å². The minimum Gasteiger partial charge on any atom is -0.357 e. The number of hydrogen-bond donors (Lipinski definition) is 2. The molecule has 0 aliphatic heterocycles. The lowest BCUT2D eigenvalue weighted by molar-refractivity contribution is 0.232. The van der Waals surface area contributed by atoms with Crippen LogP contribution in [0.3, 0.4) is 0 Å². The fraction of sp³-hybridized carbons (Fsp3) is 0.778. The summed E-state index contributed by atoms with van der Waals surface area (Å²) < 4.78 is 2.01. The Morgan fingerprint density at radius 2 is 2.21 bits per heavy atom. The highest BCUT2D eigenvalue weighted by atomic mass is 15.3. The number of rotatable bonds is 3. The molecular formula is C9H17N5. The van der Waals surface area contributed by atoms with Gasteiger partial charge in [-0.05, 0) is 12.8 Å². The standard InChI is InChI=1S/C9H17N5/c1-11-8-13-12-7(14(8)2)9(6-10)4-3-5-9/h3-6,10H2,1-2H3,(H,11,13). The first-order chi connectivity index (χ1) is 6.73. The topological polar surface area (TPSA) is 68.8 Å². The molecule has 1 saturated carbocycles. The van der Waals surface area contributed by atoms with Gasteiger partial charge in [0, 0.05) is 26.1 Å². The van der Waals surface area contributed by atoms with E-state index in [4.69, 9.17) is 5.73 Å². The van der Waals surface area contributed by atoms with Crippen LogP contribution in [0.5, 0.6) is 0 Å². The third kappa shape index (κ3) is 1.12. The van der Waals surface area contributed by atoms with Crippen LogP contribution in [0, 0.1) is 0 Å². The molecule has 0 spiro atoms. The predicted molar refractivity (Wildman–Crippen MR) is 55.1 cm³/mol. The lowest BCUT2D eigenvalue weighted by atomic mass is 9.68. The second kappa shape index (κ2) is 3.24. The van der Waals surface area contributed by atoms with Gasteiger partial charge >= 0.3 is 0 Å². The van der Waals surface area contributed by atoms with Crippen molar-refractivity contribution >= 4 is 5.95 Å². The maximum Gasteiger partial charge on any atom is 0.224 e. The van der Waals surface area contributed by atoms with Gasteiger partial charge in [0.15, 0.2) is 0 Å². The molecule has 1 aliphatic rings. The van der Waals surface area contributed by atoms with Gasteiger partial charge in [0.05, 0.1) is 0 Å². The molecule has 0 radical (unpaired) electrons. The summed E-state index contributed by atoms with van der Waals surface area (Å²) in [5.74, 6) is 1.83. The third-order valence-corrected chi connectivity index (χ3v) is 3.27. The van der Waals surface area contributed by atoms with Crippen LogP contribution in [0.15, 0.2) is 0 Å². The Morgan fingerprint density at radius 1 is 1.50 bits per heavy atom. The number of nitrogens with one attached hydrogen (secondary N) is 1. The number of nitrogens with zero attached hydrogens (tertiary/aromatic N) is 3. The smallest absolute Gasteiger partial charge is 0.224 e. The van der Waals surface area contributed by atoms with Crippen LogP contribution >= 0.6 is 0 Å². The van der Waals surface area contributed by atoms with E-state index < -0.39 is 0 Å². The molecule has 1 aromatic rings. The molecule has 1 fully saturated rings. The molecular weight excluding hydrogens is 178 g/mol.